The van der Waals surface area contributed by atoms with Crippen LogP contribution in [0.25, 0.3) is 0 Å². The second kappa shape index (κ2) is 8.49. The van der Waals surface area contributed by atoms with Gasteiger partial charge in [0.15, 0.2) is 0 Å². The Morgan fingerprint density at radius 1 is 1.24 bits per heavy atom. The number of fused-ring (bicyclic) bond motifs is 2. The Labute approximate surface area is 151 Å². The molecule has 0 radical (unpaired) electrons. The zero-order valence-corrected chi connectivity index (χ0v) is 15.5. The standard InChI is InChI=1S/C19H34N4O2/c1-13(17-10-14-4-5-15(17)9-14)22-18(24)12-23-8-2-3-16(11-23)19(25)21-7-6-20/h13-17H,2-12,20H2,1H3,(H,21,25)(H,22,24). The summed E-state index contributed by atoms with van der Waals surface area (Å²) in [4.78, 5) is 26.7. The highest BCUT2D eigenvalue weighted by atomic mass is 16.2. The molecule has 0 spiro atoms. The van der Waals surface area contributed by atoms with Gasteiger partial charge in [0.05, 0.1) is 12.5 Å². The van der Waals surface area contributed by atoms with E-state index in [0.717, 1.165) is 31.2 Å². The quantitative estimate of drug-likeness (QED) is 0.631. The summed E-state index contributed by atoms with van der Waals surface area (Å²) in [7, 11) is 0. The van der Waals surface area contributed by atoms with Gasteiger partial charge >= 0.3 is 0 Å². The molecule has 2 saturated carbocycles. The molecule has 1 heterocycles. The number of nitrogens with one attached hydrogen (secondary N) is 2. The highest BCUT2D eigenvalue weighted by Gasteiger charge is 2.42. The van der Waals surface area contributed by atoms with Crippen LogP contribution >= 0.6 is 0 Å². The van der Waals surface area contributed by atoms with E-state index in [9.17, 15) is 9.59 Å². The fourth-order valence-corrected chi connectivity index (χ4v) is 5.27. The Kier molecular flexibility index (Phi) is 6.34. The Balaban J connectivity index is 1.42. The minimum absolute atomic E-state index is 0.0175. The Morgan fingerprint density at radius 2 is 2.08 bits per heavy atom. The molecule has 5 unspecified atom stereocenters. The van der Waals surface area contributed by atoms with Crippen molar-refractivity contribution < 1.29 is 9.59 Å². The molecule has 5 atom stereocenters. The van der Waals surface area contributed by atoms with E-state index in [1.54, 1.807) is 0 Å². The van der Waals surface area contributed by atoms with E-state index in [1.807, 2.05) is 0 Å². The first kappa shape index (κ1) is 18.6. The zero-order chi connectivity index (χ0) is 17.8. The SMILES string of the molecule is CC(NC(=O)CN1CCCC(C(=O)NCCN)C1)C1CC2CCC1C2. The zero-order valence-electron chi connectivity index (χ0n) is 15.5. The number of rotatable bonds is 7. The second-order valence-electron chi connectivity index (χ2n) is 8.35. The molecule has 0 aromatic rings. The fraction of sp³-hybridized carbons (Fsp3) is 0.895. The number of piperidine rings is 1. The molecule has 3 fully saturated rings. The average Bonchev–Trinajstić information content (AvgIpc) is 3.23. The summed E-state index contributed by atoms with van der Waals surface area (Å²) >= 11 is 0. The maximum Gasteiger partial charge on any atom is 0.234 e. The van der Waals surface area contributed by atoms with E-state index < -0.39 is 0 Å². The Bertz CT molecular complexity index is 484. The summed E-state index contributed by atoms with van der Waals surface area (Å²) in [6.07, 6.45) is 7.27. The molecule has 3 aliphatic rings. The van der Waals surface area contributed by atoms with Crippen molar-refractivity contribution in [2.75, 3.05) is 32.7 Å². The number of amides is 2. The number of carbonyl (C=O) groups is 2. The summed E-state index contributed by atoms with van der Waals surface area (Å²) in [6, 6.07) is 0.274. The largest absolute Gasteiger partial charge is 0.355 e. The van der Waals surface area contributed by atoms with Crippen molar-refractivity contribution in [3.63, 3.8) is 0 Å². The van der Waals surface area contributed by atoms with Gasteiger partial charge in [0.1, 0.15) is 0 Å². The molecule has 1 saturated heterocycles. The third-order valence-corrected chi connectivity index (χ3v) is 6.51. The van der Waals surface area contributed by atoms with Gasteiger partial charge in [-0.25, -0.2) is 0 Å². The van der Waals surface area contributed by atoms with Crippen molar-refractivity contribution >= 4 is 11.8 Å². The fourth-order valence-electron chi connectivity index (χ4n) is 5.27. The van der Waals surface area contributed by atoms with Crippen LogP contribution in [0.5, 0.6) is 0 Å². The molecule has 25 heavy (non-hydrogen) atoms. The highest BCUT2D eigenvalue weighted by Crippen LogP contribution is 2.49. The van der Waals surface area contributed by atoms with Crippen molar-refractivity contribution in [3.8, 4) is 0 Å². The van der Waals surface area contributed by atoms with Gasteiger partial charge in [0, 0.05) is 25.7 Å². The second-order valence-corrected chi connectivity index (χ2v) is 8.35. The Hall–Kier alpha value is -1.14. The van der Waals surface area contributed by atoms with Gasteiger partial charge in [-0.1, -0.05) is 6.42 Å². The van der Waals surface area contributed by atoms with E-state index in [-0.39, 0.29) is 23.8 Å². The van der Waals surface area contributed by atoms with Gasteiger partial charge in [-0.2, -0.15) is 0 Å². The number of likely N-dealkylation sites (tertiary alicyclic amines) is 1. The molecule has 2 bridgehead atoms. The molecular formula is C19H34N4O2. The number of carbonyl (C=O) groups excluding carboxylic acids is 2. The lowest BCUT2D eigenvalue weighted by Gasteiger charge is -2.33. The summed E-state index contributed by atoms with van der Waals surface area (Å²) in [5, 5.41) is 6.10. The molecule has 6 nitrogen and oxygen atoms in total. The Morgan fingerprint density at radius 3 is 2.76 bits per heavy atom. The summed E-state index contributed by atoms with van der Waals surface area (Å²) < 4.78 is 0. The van der Waals surface area contributed by atoms with Crippen molar-refractivity contribution in [3.05, 3.63) is 0 Å². The van der Waals surface area contributed by atoms with Crippen molar-refractivity contribution in [2.45, 2.75) is 51.5 Å². The van der Waals surface area contributed by atoms with E-state index in [2.05, 4.69) is 22.5 Å². The van der Waals surface area contributed by atoms with Crippen LogP contribution in [0.4, 0.5) is 0 Å². The predicted molar refractivity (Wildman–Crippen MR) is 97.8 cm³/mol. The smallest absolute Gasteiger partial charge is 0.234 e. The van der Waals surface area contributed by atoms with E-state index in [0.29, 0.717) is 32.1 Å². The van der Waals surface area contributed by atoms with Crippen LogP contribution in [-0.2, 0) is 9.59 Å². The number of nitrogens with zero attached hydrogens (tertiary/aromatic N) is 1. The molecule has 1 aliphatic heterocycles. The third-order valence-electron chi connectivity index (χ3n) is 6.51. The highest BCUT2D eigenvalue weighted by molar-refractivity contribution is 5.80. The molecule has 2 aliphatic carbocycles. The number of nitrogens with two attached hydrogens (primary N) is 1. The first-order valence-corrected chi connectivity index (χ1v) is 10.1. The molecule has 6 heteroatoms. The van der Waals surface area contributed by atoms with E-state index in [1.165, 1.54) is 25.7 Å². The molecule has 0 aromatic heterocycles. The van der Waals surface area contributed by atoms with Crippen molar-refractivity contribution in [2.24, 2.45) is 29.4 Å². The molecule has 0 aromatic carbocycles. The van der Waals surface area contributed by atoms with Gasteiger partial charge < -0.3 is 16.4 Å². The van der Waals surface area contributed by atoms with Gasteiger partial charge in [0.25, 0.3) is 0 Å². The maximum absolute atomic E-state index is 12.5. The number of hydrogen-bond acceptors (Lipinski definition) is 4. The first-order chi connectivity index (χ1) is 12.1. The van der Waals surface area contributed by atoms with Crippen LogP contribution in [0.15, 0.2) is 0 Å². The lowest BCUT2D eigenvalue weighted by atomic mass is 9.84. The lowest BCUT2D eigenvalue weighted by molar-refractivity contribution is -0.129. The molecule has 3 rings (SSSR count). The van der Waals surface area contributed by atoms with Crippen LogP contribution in [0.3, 0.4) is 0 Å². The number of hydrogen-bond donors (Lipinski definition) is 3. The minimum atomic E-state index is -0.0175. The van der Waals surface area contributed by atoms with Crippen LogP contribution in [-0.4, -0.2) is 55.5 Å². The maximum atomic E-state index is 12.5. The first-order valence-electron chi connectivity index (χ1n) is 10.1. The monoisotopic (exact) mass is 350 g/mol. The van der Waals surface area contributed by atoms with Crippen molar-refractivity contribution in [1.29, 1.82) is 0 Å². The van der Waals surface area contributed by atoms with Crippen LogP contribution in [0.1, 0.15) is 45.4 Å². The lowest BCUT2D eigenvalue weighted by Crippen LogP contribution is -2.49. The topological polar surface area (TPSA) is 87.5 Å². The molecule has 142 valence electrons. The summed E-state index contributed by atoms with van der Waals surface area (Å²) in [5.41, 5.74) is 5.44. The summed E-state index contributed by atoms with van der Waals surface area (Å²) in [5.74, 6) is 2.56. The average molecular weight is 351 g/mol. The van der Waals surface area contributed by atoms with Crippen LogP contribution in [0.2, 0.25) is 0 Å². The normalized spacial score (nSPS) is 33.2. The third kappa shape index (κ3) is 4.73. The van der Waals surface area contributed by atoms with Gasteiger partial charge in [-0.3, -0.25) is 14.5 Å². The summed E-state index contributed by atoms with van der Waals surface area (Å²) in [6.45, 7) is 5.14. The van der Waals surface area contributed by atoms with Crippen molar-refractivity contribution in [1.82, 2.24) is 15.5 Å². The molecule has 2 amide bonds. The van der Waals surface area contributed by atoms with E-state index in [4.69, 9.17) is 5.73 Å². The van der Waals surface area contributed by atoms with Gasteiger partial charge in [-0.15, -0.1) is 0 Å². The minimum Gasteiger partial charge on any atom is -0.355 e. The molecular weight excluding hydrogens is 316 g/mol. The van der Waals surface area contributed by atoms with Crippen LogP contribution in [0, 0.1) is 23.7 Å². The van der Waals surface area contributed by atoms with Gasteiger partial charge in [0.2, 0.25) is 11.8 Å². The van der Waals surface area contributed by atoms with Gasteiger partial charge in [-0.05, 0) is 63.3 Å². The van der Waals surface area contributed by atoms with Crippen LogP contribution < -0.4 is 16.4 Å². The molecule has 4 N–H and O–H groups in total. The predicted octanol–water partition coefficient (Wildman–Crippen LogP) is 0.714. The van der Waals surface area contributed by atoms with E-state index >= 15 is 0 Å².